The van der Waals surface area contributed by atoms with Crippen molar-refractivity contribution in [1.82, 2.24) is 20.9 Å². The molecule has 226 valence electrons. The number of aliphatic carboxylic acids is 1. The van der Waals surface area contributed by atoms with E-state index in [-0.39, 0.29) is 18.6 Å². The summed E-state index contributed by atoms with van der Waals surface area (Å²) in [7, 11) is 0. The third-order valence-corrected chi connectivity index (χ3v) is 6.84. The summed E-state index contributed by atoms with van der Waals surface area (Å²) in [5.74, 6) is -3.51. The SMILES string of the molecule is NCCCCC(N)C(=O)NC(Cc1ccc(O)cc1)C(=O)NC(Cc1c[nH]c2ccccc12)C(=O)NC(CO)C(=O)O. The van der Waals surface area contributed by atoms with E-state index < -0.39 is 54.5 Å². The highest BCUT2D eigenvalue weighted by Gasteiger charge is 2.31. The quantitative estimate of drug-likeness (QED) is 0.100. The molecule has 3 rings (SSSR count). The summed E-state index contributed by atoms with van der Waals surface area (Å²) >= 11 is 0. The van der Waals surface area contributed by atoms with Gasteiger partial charge in [0.1, 0.15) is 23.9 Å². The fourth-order valence-electron chi connectivity index (χ4n) is 4.46. The third-order valence-electron chi connectivity index (χ3n) is 6.84. The number of benzene rings is 2. The number of nitrogens with one attached hydrogen (secondary N) is 4. The number of para-hydroxylation sites is 1. The van der Waals surface area contributed by atoms with E-state index in [9.17, 15) is 34.5 Å². The van der Waals surface area contributed by atoms with Crippen LogP contribution in [0.2, 0.25) is 0 Å². The lowest BCUT2D eigenvalue weighted by molar-refractivity contribution is -0.143. The van der Waals surface area contributed by atoms with E-state index >= 15 is 0 Å². The second-order valence-electron chi connectivity index (χ2n) is 10.0. The molecule has 3 aromatic rings. The molecule has 1 aromatic heterocycles. The number of aromatic hydroxyl groups is 1. The fourth-order valence-corrected chi connectivity index (χ4v) is 4.46. The van der Waals surface area contributed by atoms with Crippen LogP contribution in [-0.4, -0.2) is 81.3 Å². The minimum atomic E-state index is -1.58. The number of phenolic OH excluding ortho intramolecular Hbond substituents is 1. The van der Waals surface area contributed by atoms with Gasteiger partial charge in [-0.3, -0.25) is 14.4 Å². The first kappa shape index (κ1) is 32.1. The van der Waals surface area contributed by atoms with Gasteiger partial charge < -0.3 is 47.7 Å². The predicted octanol–water partition coefficient (Wildman–Crippen LogP) is -0.354. The number of hydrogen-bond acceptors (Lipinski definition) is 8. The maximum Gasteiger partial charge on any atom is 0.328 e. The molecule has 4 unspecified atom stereocenters. The van der Waals surface area contributed by atoms with Gasteiger partial charge in [0, 0.05) is 29.9 Å². The summed E-state index contributed by atoms with van der Waals surface area (Å²) in [6, 6.07) is 8.52. The number of aromatic amines is 1. The van der Waals surface area contributed by atoms with Gasteiger partial charge in [-0.25, -0.2) is 4.79 Å². The zero-order chi connectivity index (χ0) is 30.6. The van der Waals surface area contributed by atoms with E-state index in [0.717, 1.165) is 10.9 Å². The highest BCUT2D eigenvalue weighted by Crippen LogP contribution is 2.19. The molecule has 0 bridgehead atoms. The van der Waals surface area contributed by atoms with Crippen LogP contribution in [-0.2, 0) is 32.0 Å². The van der Waals surface area contributed by atoms with Gasteiger partial charge in [0.25, 0.3) is 0 Å². The third kappa shape index (κ3) is 9.03. The summed E-state index contributed by atoms with van der Waals surface area (Å²) in [5, 5.41) is 36.8. The van der Waals surface area contributed by atoms with Crippen LogP contribution in [0.1, 0.15) is 30.4 Å². The highest BCUT2D eigenvalue weighted by atomic mass is 16.4. The van der Waals surface area contributed by atoms with Gasteiger partial charge in [0.2, 0.25) is 17.7 Å². The van der Waals surface area contributed by atoms with Crippen LogP contribution in [0.4, 0.5) is 0 Å². The molecule has 0 saturated carbocycles. The monoisotopic (exact) mass is 582 g/mol. The average Bonchev–Trinajstić information content (AvgIpc) is 3.38. The lowest BCUT2D eigenvalue weighted by atomic mass is 10.0. The van der Waals surface area contributed by atoms with Crippen molar-refractivity contribution in [1.29, 1.82) is 0 Å². The number of unbranched alkanes of at least 4 members (excludes halogenated alkanes) is 1. The van der Waals surface area contributed by atoms with Gasteiger partial charge in [0.05, 0.1) is 12.6 Å². The zero-order valence-corrected chi connectivity index (χ0v) is 23.1. The molecule has 0 aliphatic carbocycles. The second kappa shape index (κ2) is 15.5. The van der Waals surface area contributed by atoms with Crippen LogP contribution in [0.15, 0.2) is 54.7 Å². The number of aliphatic hydroxyl groups is 1. The number of rotatable bonds is 16. The molecule has 11 N–H and O–H groups in total. The Balaban J connectivity index is 1.87. The molecular weight excluding hydrogens is 544 g/mol. The number of fused-ring (bicyclic) bond motifs is 1. The number of H-pyrrole nitrogens is 1. The number of carboxylic acid groups (broad SMARTS) is 1. The van der Waals surface area contributed by atoms with E-state index in [4.69, 9.17) is 11.5 Å². The topological polar surface area (TPSA) is 233 Å². The number of carbonyl (C=O) groups is 4. The number of carboxylic acids is 1. The van der Waals surface area contributed by atoms with Crippen molar-refractivity contribution in [2.45, 2.75) is 56.3 Å². The second-order valence-corrected chi connectivity index (χ2v) is 10.0. The van der Waals surface area contributed by atoms with Crippen molar-refractivity contribution in [3.05, 3.63) is 65.9 Å². The van der Waals surface area contributed by atoms with Crippen molar-refractivity contribution in [3.8, 4) is 5.75 Å². The molecule has 0 radical (unpaired) electrons. The molecule has 0 saturated heterocycles. The van der Waals surface area contributed by atoms with Crippen molar-refractivity contribution >= 4 is 34.6 Å². The van der Waals surface area contributed by atoms with Gasteiger partial charge in [-0.1, -0.05) is 36.8 Å². The van der Waals surface area contributed by atoms with Crippen LogP contribution in [0.5, 0.6) is 5.75 Å². The average molecular weight is 583 g/mol. The van der Waals surface area contributed by atoms with E-state index in [1.54, 1.807) is 18.3 Å². The standard InChI is InChI=1S/C29H38N6O7/c30-12-4-3-6-21(31)26(38)33-23(13-17-8-10-19(37)11-9-17)27(39)34-24(28(40)35-25(16-36)29(41)42)14-18-15-32-22-7-2-1-5-20(18)22/h1-2,5,7-11,15,21,23-25,32,36-37H,3-4,6,12-14,16,30-31H2,(H,33,38)(H,34,39)(H,35,40)(H,41,42). The molecule has 13 nitrogen and oxygen atoms in total. The predicted molar refractivity (Wildman–Crippen MR) is 155 cm³/mol. The number of aliphatic hydroxyl groups excluding tert-OH is 1. The maximum atomic E-state index is 13.6. The van der Waals surface area contributed by atoms with Gasteiger partial charge in [-0.15, -0.1) is 0 Å². The Morgan fingerprint density at radius 1 is 0.833 bits per heavy atom. The fraction of sp³-hybridized carbons (Fsp3) is 0.379. The van der Waals surface area contributed by atoms with Crippen molar-refractivity contribution in [2.75, 3.05) is 13.2 Å². The van der Waals surface area contributed by atoms with Gasteiger partial charge in [0.15, 0.2) is 0 Å². The molecule has 42 heavy (non-hydrogen) atoms. The maximum absolute atomic E-state index is 13.6. The van der Waals surface area contributed by atoms with Crippen LogP contribution in [0.3, 0.4) is 0 Å². The van der Waals surface area contributed by atoms with Crippen LogP contribution in [0.25, 0.3) is 10.9 Å². The minimum Gasteiger partial charge on any atom is -0.508 e. The molecule has 3 amide bonds. The van der Waals surface area contributed by atoms with E-state index in [2.05, 4.69) is 20.9 Å². The Hall–Kier alpha value is -4.46. The number of aromatic nitrogens is 1. The summed E-state index contributed by atoms with van der Waals surface area (Å²) in [6.45, 7) is -0.393. The molecule has 0 fully saturated rings. The minimum absolute atomic E-state index is 0.0160. The Labute approximate surface area is 242 Å². The Morgan fingerprint density at radius 3 is 2.10 bits per heavy atom. The summed E-state index contributed by atoms with van der Waals surface area (Å²) in [4.78, 5) is 54.4. The molecule has 4 atom stereocenters. The van der Waals surface area contributed by atoms with Crippen LogP contribution in [0, 0.1) is 0 Å². The molecule has 13 heteroatoms. The van der Waals surface area contributed by atoms with Crippen molar-refractivity contribution in [2.24, 2.45) is 11.5 Å². The molecular formula is C29H38N6O7. The van der Waals surface area contributed by atoms with Crippen LogP contribution < -0.4 is 27.4 Å². The van der Waals surface area contributed by atoms with Crippen molar-refractivity contribution < 1.29 is 34.5 Å². The largest absolute Gasteiger partial charge is 0.508 e. The van der Waals surface area contributed by atoms with Crippen LogP contribution >= 0.6 is 0 Å². The lowest BCUT2D eigenvalue weighted by Crippen LogP contribution is -2.58. The number of carbonyl (C=O) groups excluding carboxylic acids is 3. The first-order valence-corrected chi connectivity index (χ1v) is 13.7. The Kier molecular flexibility index (Phi) is 11.8. The molecule has 2 aromatic carbocycles. The smallest absolute Gasteiger partial charge is 0.328 e. The van der Waals surface area contributed by atoms with Gasteiger partial charge in [-0.05, 0) is 48.7 Å². The number of amides is 3. The number of hydrogen-bond donors (Lipinski definition) is 9. The van der Waals surface area contributed by atoms with E-state index in [1.807, 2.05) is 24.3 Å². The molecule has 0 aliphatic heterocycles. The van der Waals surface area contributed by atoms with E-state index in [0.29, 0.717) is 36.9 Å². The lowest BCUT2D eigenvalue weighted by Gasteiger charge is -2.25. The Morgan fingerprint density at radius 2 is 1.45 bits per heavy atom. The summed E-state index contributed by atoms with van der Waals surface area (Å²) < 4.78 is 0. The first-order chi connectivity index (χ1) is 20.1. The molecule has 1 heterocycles. The highest BCUT2D eigenvalue weighted by molar-refractivity contribution is 5.95. The zero-order valence-electron chi connectivity index (χ0n) is 23.1. The normalized spacial score (nSPS) is 14.0. The van der Waals surface area contributed by atoms with Gasteiger partial charge >= 0.3 is 5.97 Å². The molecule has 0 spiro atoms. The Bertz CT molecular complexity index is 1360. The van der Waals surface area contributed by atoms with Gasteiger partial charge in [-0.2, -0.15) is 0 Å². The molecule has 0 aliphatic rings. The number of phenols is 1. The van der Waals surface area contributed by atoms with Crippen molar-refractivity contribution in [3.63, 3.8) is 0 Å². The van der Waals surface area contributed by atoms with E-state index in [1.165, 1.54) is 12.1 Å². The first-order valence-electron chi connectivity index (χ1n) is 13.7. The number of nitrogens with two attached hydrogens (primary N) is 2. The summed E-state index contributed by atoms with van der Waals surface area (Å²) in [5.41, 5.74) is 13.7. The summed E-state index contributed by atoms with van der Waals surface area (Å²) in [6.07, 6.45) is 3.37.